The van der Waals surface area contributed by atoms with Gasteiger partial charge >= 0.3 is 0 Å². The van der Waals surface area contributed by atoms with E-state index in [1.807, 2.05) is 4.90 Å². The Morgan fingerprint density at radius 2 is 1.92 bits per heavy atom. The molecule has 5 nitrogen and oxygen atoms in total. The van der Waals surface area contributed by atoms with Crippen LogP contribution in [0.5, 0.6) is 0 Å². The van der Waals surface area contributed by atoms with E-state index in [2.05, 4.69) is 24.5 Å². The van der Waals surface area contributed by atoms with Gasteiger partial charge in [-0.2, -0.15) is 0 Å². The molecule has 1 fully saturated rings. The number of halogens is 3. The summed E-state index contributed by atoms with van der Waals surface area (Å²) in [6.07, 6.45) is 0. The maximum Gasteiger partial charge on any atom is 0.251 e. The minimum Gasteiger partial charge on any atom is -0.358 e. The van der Waals surface area contributed by atoms with Gasteiger partial charge in [-0.25, -0.2) is 8.78 Å². The molecule has 0 aromatic heterocycles. The van der Waals surface area contributed by atoms with Crippen LogP contribution in [-0.2, 0) is 4.79 Å². The van der Waals surface area contributed by atoms with E-state index in [9.17, 15) is 18.4 Å². The number of amides is 2. The number of rotatable bonds is 5. The van der Waals surface area contributed by atoms with Gasteiger partial charge < -0.3 is 10.6 Å². The van der Waals surface area contributed by atoms with Gasteiger partial charge in [0.15, 0.2) is 11.6 Å². The molecule has 2 N–H and O–H groups in total. The Kier molecular flexibility index (Phi) is 7.76. The third-order valence-electron chi connectivity index (χ3n) is 4.44. The summed E-state index contributed by atoms with van der Waals surface area (Å²) in [5.74, 6) is -2.05. The van der Waals surface area contributed by atoms with E-state index in [0.29, 0.717) is 19.0 Å². The summed E-state index contributed by atoms with van der Waals surface area (Å²) in [6.45, 7) is 5.65. The monoisotopic (exact) mass is 375 g/mol. The first kappa shape index (κ1) is 21.3. The fraction of sp³-hybridized carbons (Fsp3) is 0.529. The second-order valence-corrected chi connectivity index (χ2v) is 6.48. The van der Waals surface area contributed by atoms with Crippen LogP contribution in [0.3, 0.4) is 0 Å². The summed E-state index contributed by atoms with van der Waals surface area (Å²) in [5, 5.41) is 5.48. The molecule has 0 unspecified atom stereocenters. The van der Waals surface area contributed by atoms with Crippen LogP contribution < -0.4 is 10.6 Å². The van der Waals surface area contributed by atoms with E-state index < -0.39 is 17.5 Å². The topological polar surface area (TPSA) is 61.4 Å². The number of carbonyl (C=O) groups is 2. The molecule has 2 amide bonds. The standard InChI is InChI=1S/C17H23F2N3O2.ClH/c1-10(2)12-7-22(9-16(23)20-3)8-15(12)21-17(24)11-4-5-13(18)14(19)6-11;/h4-6,10,12,15H,7-9H2,1-3H3,(H,20,23)(H,21,24);1H/t12-,15+;/m1./s1. The molecule has 1 heterocycles. The van der Waals surface area contributed by atoms with Crippen molar-refractivity contribution in [3.05, 3.63) is 35.4 Å². The van der Waals surface area contributed by atoms with E-state index >= 15 is 0 Å². The van der Waals surface area contributed by atoms with Crippen LogP contribution in [0, 0.1) is 23.5 Å². The Morgan fingerprint density at radius 3 is 2.48 bits per heavy atom. The molecule has 140 valence electrons. The molecule has 2 rings (SSSR count). The van der Waals surface area contributed by atoms with Gasteiger partial charge in [-0.15, -0.1) is 12.4 Å². The fourth-order valence-electron chi connectivity index (χ4n) is 3.04. The van der Waals surface area contributed by atoms with Crippen LogP contribution in [-0.4, -0.2) is 49.4 Å². The molecule has 0 saturated carbocycles. The van der Waals surface area contributed by atoms with Crippen LogP contribution in [0.15, 0.2) is 18.2 Å². The Morgan fingerprint density at radius 1 is 1.24 bits per heavy atom. The van der Waals surface area contributed by atoms with Gasteiger partial charge in [0.2, 0.25) is 5.91 Å². The molecule has 8 heteroatoms. The normalized spacial score (nSPS) is 20.2. The highest BCUT2D eigenvalue weighted by molar-refractivity contribution is 5.94. The van der Waals surface area contributed by atoms with Crippen LogP contribution in [0.2, 0.25) is 0 Å². The molecule has 25 heavy (non-hydrogen) atoms. The highest BCUT2D eigenvalue weighted by Crippen LogP contribution is 2.24. The quantitative estimate of drug-likeness (QED) is 0.825. The smallest absolute Gasteiger partial charge is 0.251 e. The van der Waals surface area contributed by atoms with E-state index in [-0.39, 0.29) is 42.4 Å². The third-order valence-corrected chi connectivity index (χ3v) is 4.44. The fourth-order valence-corrected chi connectivity index (χ4v) is 3.04. The summed E-state index contributed by atoms with van der Waals surface area (Å²) in [5.41, 5.74) is 0.0844. The number of hydrogen-bond acceptors (Lipinski definition) is 3. The van der Waals surface area contributed by atoms with Crippen molar-refractivity contribution in [2.24, 2.45) is 11.8 Å². The SMILES string of the molecule is CNC(=O)CN1C[C@H](NC(=O)c2ccc(F)c(F)c2)[C@@H](C(C)C)C1.Cl. The summed E-state index contributed by atoms with van der Waals surface area (Å²) in [4.78, 5) is 25.9. The molecule has 0 aliphatic carbocycles. The molecule has 1 aliphatic rings. The summed E-state index contributed by atoms with van der Waals surface area (Å²) in [7, 11) is 1.58. The van der Waals surface area contributed by atoms with E-state index in [1.165, 1.54) is 6.07 Å². The van der Waals surface area contributed by atoms with E-state index in [1.54, 1.807) is 7.05 Å². The zero-order valence-electron chi connectivity index (χ0n) is 14.5. The molecule has 2 atom stereocenters. The number of nitrogens with zero attached hydrogens (tertiary/aromatic N) is 1. The number of likely N-dealkylation sites (tertiary alicyclic amines) is 1. The van der Waals surface area contributed by atoms with Gasteiger partial charge in [-0.3, -0.25) is 14.5 Å². The summed E-state index contributed by atoms with van der Waals surface area (Å²) in [6, 6.07) is 2.95. The molecule has 1 aromatic rings. The largest absolute Gasteiger partial charge is 0.358 e. The number of carbonyl (C=O) groups excluding carboxylic acids is 2. The first-order valence-electron chi connectivity index (χ1n) is 8.00. The highest BCUT2D eigenvalue weighted by atomic mass is 35.5. The molecule has 1 aliphatic heterocycles. The van der Waals surface area contributed by atoms with Gasteiger partial charge in [0.1, 0.15) is 0 Å². The van der Waals surface area contributed by atoms with Crippen molar-refractivity contribution in [1.29, 1.82) is 0 Å². The van der Waals surface area contributed by atoms with Crippen molar-refractivity contribution in [2.75, 3.05) is 26.7 Å². The first-order chi connectivity index (χ1) is 11.3. The van der Waals surface area contributed by atoms with Gasteiger partial charge in [0.05, 0.1) is 6.54 Å². The lowest BCUT2D eigenvalue weighted by Crippen LogP contribution is -2.42. The zero-order valence-corrected chi connectivity index (χ0v) is 15.3. The van der Waals surface area contributed by atoms with Crippen molar-refractivity contribution < 1.29 is 18.4 Å². The maximum atomic E-state index is 13.3. The predicted molar refractivity (Wildman–Crippen MR) is 93.7 cm³/mol. The van der Waals surface area contributed by atoms with Crippen LogP contribution >= 0.6 is 12.4 Å². The number of hydrogen-bond donors (Lipinski definition) is 2. The van der Waals surface area contributed by atoms with E-state index in [4.69, 9.17) is 0 Å². The Balaban J connectivity index is 0.00000312. The first-order valence-corrected chi connectivity index (χ1v) is 8.00. The lowest BCUT2D eigenvalue weighted by Gasteiger charge is -2.23. The molecule has 0 spiro atoms. The average molecular weight is 376 g/mol. The number of nitrogens with one attached hydrogen (secondary N) is 2. The van der Waals surface area contributed by atoms with Gasteiger partial charge in [-0.1, -0.05) is 13.8 Å². The Bertz CT molecular complexity index is 628. The second-order valence-electron chi connectivity index (χ2n) is 6.48. The maximum absolute atomic E-state index is 13.3. The summed E-state index contributed by atoms with van der Waals surface area (Å²) >= 11 is 0. The number of benzene rings is 1. The van der Waals surface area contributed by atoms with Gasteiger partial charge in [0.25, 0.3) is 5.91 Å². The van der Waals surface area contributed by atoms with Crippen molar-refractivity contribution >= 4 is 24.2 Å². The van der Waals surface area contributed by atoms with Gasteiger partial charge in [0, 0.05) is 31.7 Å². The Labute approximate surface area is 152 Å². The molecule has 0 bridgehead atoms. The second kappa shape index (κ2) is 9.10. The molecular weight excluding hydrogens is 352 g/mol. The van der Waals surface area contributed by atoms with Gasteiger partial charge in [-0.05, 0) is 30.0 Å². The van der Waals surface area contributed by atoms with Crippen molar-refractivity contribution in [3.63, 3.8) is 0 Å². The van der Waals surface area contributed by atoms with Crippen molar-refractivity contribution in [1.82, 2.24) is 15.5 Å². The lowest BCUT2D eigenvalue weighted by atomic mass is 9.91. The Hall–Kier alpha value is -1.73. The predicted octanol–water partition coefficient (Wildman–Crippen LogP) is 1.82. The van der Waals surface area contributed by atoms with Crippen molar-refractivity contribution in [3.8, 4) is 0 Å². The molecule has 0 radical (unpaired) electrons. The minimum absolute atomic E-state index is 0. The minimum atomic E-state index is -1.05. The summed E-state index contributed by atoms with van der Waals surface area (Å²) < 4.78 is 26.3. The number of likely N-dealkylation sites (N-methyl/N-ethyl adjacent to an activating group) is 1. The molecule has 1 aromatic carbocycles. The van der Waals surface area contributed by atoms with Crippen molar-refractivity contribution in [2.45, 2.75) is 19.9 Å². The highest BCUT2D eigenvalue weighted by Gasteiger charge is 2.36. The lowest BCUT2D eigenvalue weighted by molar-refractivity contribution is -0.121. The van der Waals surface area contributed by atoms with Crippen LogP contribution in [0.25, 0.3) is 0 Å². The molecular formula is C17H24ClF2N3O2. The molecule has 1 saturated heterocycles. The zero-order chi connectivity index (χ0) is 17.9. The third kappa shape index (κ3) is 5.37. The average Bonchev–Trinajstić information content (AvgIpc) is 2.92. The van der Waals surface area contributed by atoms with Crippen LogP contribution in [0.4, 0.5) is 8.78 Å². The van der Waals surface area contributed by atoms with Crippen LogP contribution in [0.1, 0.15) is 24.2 Å². The van der Waals surface area contributed by atoms with E-state index in [0.717, 1.165) is 12.1 Å².